The van der Waals surface area contributed by atoms with Crippen LogP contribution in [0, 0.1) is 5.82 Å². The van der Waals surface area contributed by atoms with Crippen molar-refractivity contribution in [2.45, 2.75) is 32.2 Å². The largest absolute Gasteiger partial charge is 0.482 e. The topological polar surface area (TPSA) is 58.6 Å². The molecule has 1 fully saturated rings. The number of ether oxygens (including phenoxy) is 1. The van der Waals surface area contributed by atoms with E-state index in [9.17, 15) is 14.0 Å². The number of benzene rings is 1. The molecule has 1 aliphatic heterocycles. The highest BCUT2D eigenvalue weighted by Gasteiger charge is 2.23. The number of carbonyl (C=O) groups is 2. The van der Waals surface area contributed by atoms with Crippen LogP contribution >= 0.6 is 11.6 Å². The average molecular weight is 343 g/mol. The van der Waals surface area contributed by atoms with Gasteiger partial charge in [-0.05, 0) is 44.4 Å². The lowest BCUT2D eigenvalue weighted by atomic mass is 10.1. The van der Waals surface area contributed by atoms with Crippen LogP contribution in [0.4, 0.5) is 4.39 Å². The number of rotatable bonds is 5. The zero-order valence-corrected chi connectivity index (χ0v) is 13.7. The summed E-state index contributed by atoms with van der Waals surface area (Å²) >= 11 is 5.81. The van der Waals surface area contributed by atoms with Crippen LogP contribution in [-0.2, 0) is 9.59 Å². The van der Waals surface area contributed by atoms with Gasteiger partial charge in [0.2, 0.25) is 5.91 Å². The molecule has 0 aliphatic carbocycles. The predicted molar refractivity (Wildman–Crippen MR) is 84.9 cm³/mol. The zero-order chi connectivity index (χ0) is 16.8. The molecule has 0 bridgehead atoms. The maximum absolute atomic E-state index is 12.9. The summed E-state index contributed by atoms with van der Waals surface area (Å²) in [6.07, 6.45) is 3.13. The highest BCUT2D eigenvalue weighted by atomic mass is 35.5. The molecule has 2 amide bonds. The van der Waals surface area contributed by atoms with Crippen LogP contribution in [0.2, 0.25) is 5.02 Å². The third-order valence-electron chi connectivity index (χ3n) is 3.67. The van der Waals surface area contributed by atoms with Crippen molar-refractivity contribution in [3.8, 4) is 5.75 Å². The van der Waals surface area contributed by atoms with Gasteiger partial charge < -0.3 is 15.0 Å². The highest BCUT2D eigenvalue weighted by molar-refractivity contribution is 6.32. The van der Waals surface area contributed by atoms with E-state index < -0.39 is 17.8 Å². The molecule has 1 aromatic rings. The Kier molecular flexibility index (Phi) is 6.21. The number of amides is 2. The van der Waals surface area contributed by atoms with Crippen LogP contribution in [0.1, 0.15) is 26.2 Å². The van der Waals surface area contributed by atoms with Crippen LogP contribution < -0.4 is 10.1 Å². The summed E-state index contributed by atoms with van der Waals surface area (Å²) in [6.45, 7) is 2.84. The van der Waals surface area contributed by atoms with E-state index in [2.05, 4.69) is 5.32 Å². The van der Waals surface area contributed by atoms with Crippen LogP contribution in [0.15, 0.2) is 18.2 Å². The standard InChI is InChI=1S/C16H20ClFN2O3/c1-11(16(22)20-7-3-2-4-8-20)19-15(21)10-23-14-6-5-12(18)9-13(14)17/h5-6,9,11H,2-4,7-8,10H2,1H3,(H,19,21). The lowest BCUT2D eigenvalue weighted by molar-refractivity contribution is -0.137. The summed E-state index contributed by atoms with van der Waals surface area (Å²) in [7, 11) is 0. The fraction of sp³-hybridized carbons (Fsp3) is 0.500. The molecule has 126 valence electrons. The second-order valence-electron chi connectivity index (χ2n) is 5.54. The summed E-state index contributed by atoms with van der Waals surface area (Å²) in [5.74, 6) is -0.771. The molecule has 0 radical (unpaired) electrons. The van der Waals surface area contributed by atoms with Gasteiger partial charge in [0.25, 0.3) is 5.91 Å². The first-order valence-electron chi connectivity index (χ1n) is 7.63. The van der Waals surface area contributed by atoms with E-state index in [0.29, 0.717) is 0 Å². The van der Waals surface area contributed by atoms with Crippen LogP contribution in [0.3, 0.4) is 0 Å². The Morgan fingerprint density at radius 1 is 1.35 bits per heavy atom. The lowest BCUT2D eigenvalue weighted by Crippen LogP contribution is -2.49. The molecule has 2 rings (SSSR count). The van der Waals surface area contributed by atoms with E-state index in [1.165, 1.54) is 12.1 Å². The van der Waals surface area contributed by atoms with E-state index in [-0.39, 0.29) is 23.3 Å². The number of carbonyl (C=O) groups excluding carboxylic acids is 2. The summed E-state index contributed by atoms with van der Waals surface area (Å²) in [6, 6.07) is 3.06. The molecule has 1 atom stereocenters. The second-order valence-corrected chi connectivity index (χ2v) is 5.95. The van der Waals surface area contributed by atoms with Gasteiger partial charge in [-0.15, -0.1) is 0 Å². The molecule has 1 unspecified atom stereocenters. The maximum atomic E-state index is 12.9. The van der Waals surface area contributed by atoms with Gasteiger partial charge in [-0.2, -0.15) is 0 Å². The van der Waals surface area contributed by atoms with Crippen molar-refractivity contribution in [3.05, 3.63) is 29.0 Å². The number of nitrogens with one attached hydrogen (secondary N) is 1. The smallest absolute Gasteiger partial charge is 0.258 e. The second kappa shape index (κ2) is 8.15. The van der Waals surface area contributed by atoms with Crippen molar-refractivity contribution in [2.75, 3.05) is 19.7 Å². The molecular weight excluding hydrogens is 323 g/mol. The van der Waals surface area contributed by atoms with E-state index in [1.807, 2.05) is 0 Å². The minimum absolute atomic E-state index is 0.0853. The molecule has 0 spiro atoms. The third kappa shape index (κ3) is 5.10. The number of hydrogen-bond donors (Lipinski definition) is 1. The van der Waals surface area contributed by atoms with Crippen molar-refractivity contribution >= 4 is 23.4 Å². The van der Waals surface area contributed by atoms with Gasteiger partial charge in [0.05, 0.1) is 5.02 Å². The monoisotopic (exact) mass is 342 g/mol. The average Bonchev–Trinajstić information content (AvgIpc) is 2.54. The zero-order valence-electron chi connectivity index (χ0n) is 13.0. The van der Waals surface area contributed by atoms with E-state index in [0.717, 1.165) is 38.4 Å². The SMILES string of the molecule is CC(NC(=O)COc1ccc(F)cc1Cl)C(=O)N1CCCCC1. The van der Waals surface area contributed by atoms with Crippen molar-refractivity contribution in [3.63, 3.8) is 0 Å². The molecule has 1 N–H and O–H groups in total. The Morgan fingerprint density at radius 3 is 2.70 bits per heavy atom. The summed E-state index contributed by atoms with van der Waals surface area (Å²) < 4.78 is 18.2. The van der Waals surface area contributed by atoms with E-state index in [1.54, 1.807) is 11.8 Å². The van der Waals surface area contributed by atoms with Crippen molar-refractivity contribution in [2.24, 2.45) is 0 Å². The maximum Gasteiger partial charge on any atom is 0.258 e. The molecule has 23 heavy (non-hydrogen) atoms. The van der Waals surface area contributed by atoms with Crippen LogP contribution in [0.5, 0.6) is 5.75 Å². The first-order chi connectivity index (χ1) is 11.0. The Labute approximate surface area is 139 Å². The predicted octanol–water partition coefficient (Wildman–Crippen LogP) is 2.38. The minimum Gasteiger partial charge on any atom is -0.482 e. The molecule has 5 nitrogen and oxygen atoms in total. The number of likely N-dealkylation sites (tertiary alicyclic amines) is 1. The number of halogens is 2. The van der Waals surface area contributed by atoms with Crippen molar-refractivity contribution in [1.82, 2.24) is 10.2 Å². The highest BCUT2D eigenvalue weighted by Crippen LogP contribution is 2.24. The molecule has 1 aromatic carbocycles. The van der Waals surface area contributed by atoms with Crippen molar-refractivity contribution < 1.29 is 18.7 Å². The van der Waals surface area contributed by atoms with Crippen molar-refractivity contribution in [1.29, 1.82) is 0 Å². The minimum atomic E-state index is -0.604. The van der Waals surface area contributed by atoms with E-state index in [4.69, 9.17) is 16.3 Å². The third-order valence-corrected chi connectivity index (χ3v) is 3.96. The first kappa shape index (κ1) is 17.5. The molecule has 0 saturated carbocycles. The molecule has 7 heteroatoms. The summed E-state index contributed by atoms with van der Waals surface area (Å²) in [5, 5.41) is 2.70. The fourth-order valence-electron chi connectivity index (χ4n) is 2.47. The lowest BCUT2D eigenvalue weighted by Gasteiger charge is -2.29. The Balaban J connectivity index is 1.80. The van der Waals surface area contributed by atoms with Gasteiger partial charge in [-0.3, -0.25) is 9.59 Å². The molecule has 1 saturated heterocycles. The van der Waals surface area contributed by atoms with Gasteiger partial charge in [0, 0.05) is 13.1 Å². The van der Waals surface area contributed by atoms with Crippen LogP contribution in [0.25, 0.3) is 0 Å². The van der Waals surface area contributed by atoms with Gasteiger partial charge >= 0.3 is 0 Å². The van der Waals surface area contributed by atoms with Gasteiger partial charge in [0.1, 0.15) is 17.6 Å². The molecule has 1 heterocycles. The van der Waals surface area contributed by atoms with Crippen LogP contribution in [-0.4, -0.2) is 42.5 Å². The van der Waals surface area contributed by atoms with Gasteiger partial charge in [-0.1, -0.05) is 11.6 Å². The van der Waals surface area contributed by atoms with Gasteiger partial charge in [0.15, 0.2) is 6.61 Å². The summed E-state index contributed by atoms with van der Waals surface area (Å²) in [4.78, 5) is 25.8. The number of piperidine rings is 1. The fourth-order valence-corrected chi connectivity index (χ4v) is 2.69. The molecule has 0 aromatic heterocycles. The Hall–Kier alpha value is -1.82. The quantitative estimate of drug-likeness (QED) is 0.893. The molecular formula is C16H20ClFN2O3. The molecule has 1 aliphatic rings. The first-order valence-corrected chi connectivity index (χ1v) is 8.01. The number of nitrogens with zero attached hydrogens (tertiary/aromatic N) is 1. The number of hydrogen-bond acceptors (Lipinski definition) is 3. The normalized spacial score (nSPS) is 15.9. The van der Waals surface area contributed by atoms with Gasteiger partial charge in [-0.25, -0.2) is 4.39 Å². The summed E-state index contributed by atoms with van der Waals surface area (Å²) in [5.41, 5.74) is 0. The Morgan fingerprint density at radius 2 is 2.04 bits per heavy atom. The Bertz CT molecular complexity index is 576. The van der Waals surface area contributed by atoms with E-state index >= 15 is 0 Å².